The van der Waals surface area contributed by atoms with Crippen LogP contribution in [-0.2, 0) is 14.8 Å². The van der Waals surface area contributed by atoms with E-state index in [1.165, 1.54) is 18.3 Å². The van der Waals surface area contributed by atoms with Crippen LogP contribution in [0.2, 0.25) is 0 Å². The first-order valence-corrected chi connectivity index (χ1v) is 10.3. The Morgan fingerprint density at radius 1 is 1.04 bits per heavy atom. The van der Waals surface area contributed by atoms with Crippen molar-refractivity contribution in [3.05, 3.63) is 66.2 Å². The Hall–Kier alpha value is -2.22. The predicted octanol–water partition coefficient (Wildman–Crippen LogP) is 1.68. The van der Waals surface area contributed by atoms with E-state index in [9.17, 15) is 18.3 Å². The summed E-state index contributed by atoms with van der Waals surface area (Å²) < 4.78 is 27.0. The summed E-state index contributed by atoms with van der Waals surface area (Å²) in [6.07, 6.45) is 0. The van der Waals surface area contributed by atoms with Gasteiger partial charge in [0.2, 0.25) is 15.9 Å². The van der Waals surface area contributed by atoms with Crippen LogP contribution in [0.3, 0.4) is 0 Å². The molecule has 1 fully saturated rings. The second-order valence-electron chi connectivity index (χ2n) is 6.78. The summed E-state index contributed by atoms with van der Waals surface area (Å²) in [5, 5.41) is 9.80. The molecule has 0 radical (unpaired) electrons. The van der Waals surface area contributed by atoms with Crippen molar-refractivity contribution < 1.29 is 18.3 Å². The Morgan fingerprint density at radius 2 is 1.59 bits per heavy atom. The van der Waals surface area contributed by atoms with Gasteiger partial charge in [-0.1, -0.05) is 48.5 Å². The number of hydrogen-bond donors (Lipinski definition) is 1. The molecule has 1 amide bonds. The van der Waals surface area contributed by atoms with Crippen LogP contribution < -0.4 is 0 Å². The molecule has 0 aromatic heterocycles. The molecule has 144 valence electrons. The Morgan fingerprint density at radius 3 is 2.11 bits per heavy atom. The molecule has 2 aromatic rings. The van der Waals surface area contributed by atoms with Gasteiger partial charge in [-0.05, 0) is 17.7 Å². The third-order valence-corrected chi connectivity index (χ3v) is 7.01. The number of benzene rings is 2. The molecular formula is C20H24N2O4S. The predicted molar refractivity (Wildman–Crippen MR) is 103 cm³/mol. The van der Waals surface area contributed by atoms with E-state index in [1.807, 2.05) is 30.3 Å². The highest BCUT2D eigenvalue weighted by molar-refractivity contribution is 7.89. The molecule has 3 atom stereocenters. The van der Waals surface area contributed by atoms with Gasteiger partial charge in [-0.2, -0.15) is 4.31 Å². The van der Waals surface area contributed by atoms with Gasteiger partial charge in [0.25, 0.3) is 0 Å². The number of carbonyl (C=O) groups excluding carboxylic acids is 1. The van der Waals surface area contributed by atoms with Gasteiger partial charge in [0.15, 0.2) is 0 Å². The van der Waals surface area contributed by atoms with Crippen LogP contribution in [0.4, 0.5) is 0 Å². The van der Waals surface area contributed by atoms with Gasteiger partial charge in [0, 0.05) is 26.4 Å². The number of aliphatic hydroxyl groups excluding tert-OH is 1. The molecular weight excluding hydrogens is 364 g/mol. The average molecular weight is 388 g/mol. The summed E-state index contributed by atoms with van der Waals surface area (Å²) >= 11 is 0. The second-order valence-corrected chi connectivity index (χ2v) is 8.82. The van der Waals surface area contributed by atoms with Crippen molar-refractivity contribution >= 4 is 15.9 Å². The maximum absolute atomic E-state index is 12.9. The van der Waals surface area contributed by atoms with Gasteiger partial charge in [-0.3, -0.25) is 4.79 Å². The molecule has 0 aliphatic carbocycles. The Labute approximate surface area is 160 Å². The average Bonchev–Trinajstić information content (AvgIpc) is 2.65. The van der Waals surface area contributed by atoms with Gasteiger partial charge in [0.1, 0.15) is 0 Å². The van der Waals surface area contributed by atoms with Gasteiger partial charge in [-0.15, -0.1) is 0 Å². The lowest BCUT2D eigenvalue weighted by atomic mass is 9.75. The molecule has 0 bridgehead atoms. The normalized spacial score (nSPS) is 22.5. The minimum Gasteiger partial charge on any atom is -0.394 e. The molecule has 1 aliphatic rings. The highest BCUT2D eigenvalue weighted by Crippen LogP contribution is 2.41. The van der Waals surface area contributed by atoms with Crippen LogP contribution in [0.5, 0.6) is 0 Å². The van der Waals surface area contributed by atoms with Gasteiger partial charge in [-0.25, -0.2) is 8.42 Å². The van der Waals surface area contributed by atoms with E-state index in [0.29, 0.717) is 0 Å². The fraction of sp³-hybridized carbons (Fsp3) is 0.350. The fourth-order valence-electron chi connectivity index (χ4n) is 3.87. The zero-order valence-electron chi connectivity index (χ0n) is 15.4. The van der Waals surface area contributed by atoms with Crippen molar-refractivity contribution in [2.75, 3.05) is 20.2 Å². The maximum atomic E-state index is 12.9. The number of hydrogen-bond acceptors (Lipinski definition) is 4. The molecule has 1 aliphatic heterocycles. The molecule has 2 aromatic carbocycles. The molecule has 0 unspecified atom stereocenters. The van der Waals surface area contributed by atoms with Crippen LogP contribution in [0, 0.1) is 0 Å². The van der Waals surface area contributed by atoms with E-state index in [4.69, 9.17) is 0 Å². The third kappa shape index (κ3) is 3.63. The molecule has 1 saturated heterocycles. The van der Waals surface area contributed by atoms with Gasteiger partial charge < -0.3 is 10.0 Å². The minimum atomic E-state index is -3.66. The first-order valence-electron chi connectivity index (χ1n) is 8.84. The van der Waals surface area contributed by atoms with Crippen molar-refractivity contribution in [2.45, 2.75) is 29.8 Å². The molecule has 1 heterocycles. The van der Waals surface area contributed by atoms with Gasteiger partial charge in [0.05, 0.1) is 23.6 Å². The monoisotopic (exact) mass is 388 g/mol. The molecule has 7 heteroatoms. The van der Waals surface area contributed by atoms with E-state index in [0.717, 1.165) is 5.56 Å². The van der Waals surface area contributed by atoms with Crippen molar-refractivity contribution in [2.24, 2.45) is 0 Å². The fourth-order valence-corrected chi connectivity index (χ4v) is 5.08. The number of carbonyl (C=O) groups is 1. The summed E-state index contributed by atoms with van der Waals surface area (Å²) in [5.41, 5.74) is 0.990. The van der Waals surface area contributed by atoms with Crippen molar-refractivity contribution in [3.63, 3.8) is 0 Å². The Balaban J connectivity index is 1.89. The number of rotatable bonds is 6. The zero-order valence-corrected chi connectivity index (χ0v) is 16.2. The number of likely N-dealkylation sites (tertiary alicyclic amines) is 1. The highest BCUT2D eigenvalue weighted by Gasteiger charge is 2.51. The first kappa shape index (κ1) is 19.5. The molecule has 0 saturated carbocycles. The van der Waals surface area contributed by atoms with E-state index < -0.39 is 10.0 Å². The topological polar surface area (TPSA) is 77.9 Å². The van der Waals surface area contributed by atoms with Crippen molar-refractivity contribution in [3.8, 4) is 0 Å². The Kier molecular flexibility index (Phi) is 5.64. The molecule has 1 N–H and O–H groups in total. The number of aliphatic hydroxyl groups is 1. The SMILES string of the molecule is CC(=O)N1[C@H](CO)[C@H](c2ccccc2)[C@@H]1CN(C)S(=O)(=O)c1ccccc1. The summed E-state index contributed by atoms with van der Waals surface area (Å²) in [7, 11) is -2.13. The number of nitrogens with zero attached hydrogens (tertiary/aromatic N) is 2. The number of amides is 1. The number of likely N-dealkylation sites (N-methyl/N-ethyl adjacent to an activating group) is 1. The van der Waals surface area contributed by atoms with E-state index in [-0.39, 0.29) is 42.0 Å². The first-order chi connectivity index (χ1) is 12.9. The quantitative estimate of drug-likeness (QED) is 0.817. The summed E-state index contributed by atoms with van der Waals surface area (Å²) in [5.74, 6) is -0.287. The lowest BCUT2D eigenvalue weighted by molar-refractivity contribution is -0.148. The third-order valence-electron chi connectivity index (χ3n) is 5.17. The zero-order chi connectivity index (χ0) is 19.6. The molecule has 3 rings (SSSR count). The molecule has 27 heavy (non-hydrogen) atoms. The summed E-state index contributed by atoms with van der Waals surface area (Å²) in [6.45, 7) is 1.44. The number of sulfonamides is 1. The largest absolute Gasteiger partial charge is 0.394 e. The van der Waals surface area contributed by atoms with Crippen LogP contribution in [0.1, 0.15) is 18.4 Å². The van der Waals surface area contributed by atoms with Crippen LogP contribution in [0.15, 0.2) is 65.6 Å². The van der Waals surface area contributed by atoms with Crippen molar-refractivity contribution in [1.29, 1.82) is 0 Å². The molecule has 0 spiro atoms. The van der Waals surface area contributed by atoms with E-state index >= 15 is 0 Å². The second kappa shape index (κ2) is 7.80. The standard InChI is InChI=1S/C20H24N2O4S/c1-15(24)22-18(20(19(22)14-23)16-9-5-3-6-10-16)13-21(2)27(25,26)17-11-7-4-8-12-17/h3-12,18-20,23H,13-14H2,1-2H3/t18-,19+,20+/m0/s1. The van der Waals surface area contributed by atoms with Crippen LogP contribution in [-0.4, -0.2) is 60.9 Å². The minimum absolute atomic E-state index is 0.117. The lowest BCUT2D eigenvalue weighted by Gasteiger charge is -2.55. The van der Waals surface area contributed by atoms with E-state index in [1.54, 1.807) is 35.2 Å². The summed E-state index contributed by atoms with van der Waals surface area (Å²) in [6, 6.07) is 17.2. The summed E-state index contributed by atoms with van der Waals surface area (Å²) in [4.78, 5) is 13.9. The maximum Gasteiger partial charge on any atom is 0.242 e. The van der Waals surface area contributed by atoms with Crippen LogP contribution in [0.25, 0.3) is 0 Å². The van der Waals surface area contributed by atoms with E-state index in [2.05, 4.69) is 0 Å². The van der Waals surface area contributed by atoms with Crippen molar-refractivity contribution in [1.82, 2.24) is 9.21 Å². The van der Waals surface area contributed by atoms with Crippen LogP contribution >= 0.6 is 0 Å². The van der Waals surface area contributed by atoms with Gasteiger partial charge >= 0.3 is 0 Å². The molecule has 6 nitrogen and oxygen atoms in total. The lowest BCUT2D eigenvalue weighted by Crippen LogP contribution is -2.68. The Bertz CT molecular complexity index is 887. The highest BCUT2D eigenvalue weighted by atomic mass is 32.2. The smallest absolute Gasteiger partial charge is 0.242 e.